The van der Waals surface area contributed by atoms with Crippen LogP contribution in [-0.2, 0) is 5.60 Å². The molecule has 1 saturated carbocycles. The van der Waals surface area contributed by atoms with E-state index in [4.69, 9.17) is 0 Å². The molecule has 1 aromatic rings. The van der Waals surface area contributed by atoms with Gasteiger partial charge in [0.05, 0.1) is 5.60 Å². The van der Waals surface area contributed by atoms with E-state index in [2.05, 4.69) is 25.8 Å². The number of nitrogens with zero attached hydrogens (tertiary/aromatic N) is 1. The summed E-state index contributed by atoms with van der Waals surface area (Å²) < 4.78 is 0. The molecule has 0 spiro atoms. The lowest BCUT2D eigenvalue weighted by Crippen LogP contribution is -2.35. The second-order valence-corrected chi connectivity index (χ2v) is 5.89. The van der Waals surface area contributed by atoms with Crippen molar-refractivity contribution in [3.05, 3.63) is 29.6 Å². The average molecular weight is 219 g/mol. The quantitative estimate of drug-likeness (QED) is 0.787. The van der Waals surface area contributed by atoms with Crippen molar-refractivity contribution in [2.75, 3.05) is 0 Å². The van der Waals surface area contributed by atoms with Gasteiger partial charge in [0.25, 0.3) is 0 Å². The summed E-state index contributed by atoms with van der Waals surface area (Å²) in [6, 6.07) is 1.98. The van der Waals surface area contributed by atoms with Crippen LogP contribution in [0.25, 0.3) is 0 Å². The van der Waals surface area contributed by atoms with Crippen LogP contribution in [0.2, 0.25) is 0 Å². The van der Waals surface area contributed by atoms with Crippen molar-refractivity contribution >= 4 is 0 Å². The molecule has 0 aliphatic heterocycles. The smallest absolute Gasteiger partial charge is 0.0914 e. The second-order valence-electron chi connectivity index (χ2n) is 5.89. The SMILES string of the molecule is Cc1ccncc1C1(O)CCC(C)(C)CC1. The molecule has 0 atom stereocenters. The van der Waals surface area contributed by atoms with Crippen molar-refractivity contribution in [2.45, 2.75) is 52.1 Å². The third-order valence-corrected chi connectivity index (χ3v) is 3.97. The van der Waals surface area contributed by atoms with Gasteiger partial charge in [0.15, 0.2) is 0 Å². The number of rotatable bonds is 1. The van der Waals surface area contributed by atoms with Crippen LogP contribution >= 0.6 is 0 Å². The van der Waals surface area contributed by atoms with Crippen LogP contribution < -0.4 is 0 Å². The third-order valence-electron chi connectivity index (χ3n) is 3.97. The Kier molecular flexibility index (Phi) is 2.79. The van der Waals surface area contributed by atoms with Crippen LogP contribution in [0.15, 0.2) is 18.5 Å². The molecule has 1 aromatic heterocycles. The van der Waals surface area contributed by atoms with Crippen molar-refractivity contribution in [3.63, 3.8) is 0 Å². The maximum absolute atomic E-state index is 10.7. The molecule has 88 valence electrons. The average Bonchev–Trinajstić information content (AvgIpc) is 2.24. The molecule has 0 amide bonds. The molecular weight excluding hydrogens is 198 g/mol. The van der Waals surface area contributed by atoms with Gasteiger partial charge in [0, 0.05) is 18.0 Å². The monoisotopic (exact) mass is 219 g/mol. The Bertz CT molecular complexity index is 374. The van der Waals surface area contributed by atoms with Gasteiger partial charge in [0.2, 0.25) is 0 Å². The molecule has 1 fully saturated rings. The molecule has 1 aliphatic carbocycles. The predicted molar refractivity (Wildman–Crippen MR) is 65.1 cm³/mol. The molecular formula is C14H21NO. The number of pyridine rings is 1. The van der Waals surface area contributed by atoms with E-state index in [1.807, 2.05) is 12.3 Å². The van der Waals surface area contributed by atoms with Crippen LogP contribution in [0.1, 0.15) is 50.7 Å². The summed E-state index contributed by atoms with van der Waals surface area (Å²) in [4.78, 5) is 4.14. The lowest BCUT2D eigenvalue weighted by molar-refractivity contribution is -0.0312. The highest BCUT2D eigenvalue weighted by atomic mass is 16.3. The number of aryl methyl sites for hydroxylation is 1. The van der Waals surface area contributed by atoms with Crippen molar-refractivity contribution in [1.29, 1.82) is 0 Å². The zero-order valence-corrected chi connectivity index (χ0v) is 10.5. The highest BCUT2D eigenvalue weighted by Gasteiger charge is 2.38. The molecule has 2 nitrogen and oxygen atoms in total. The van der Waals surface area contributed by atoms with Gasteiger partial charge in [-0.1, -0.05) is 13.8 Å². The molecule has 1 heterocycles. The van der Waals surface area contributed by atoms with E-state index in [1.165, 1.54) is 0 Å². The van der Waals surface area contributed by atoms with E-state index >= 15 is 0 Å². The zero-order chi connectivity index (χ0) is 11.8. The zero-order valence-electron chi connectivity index (χ0n) is 10.5. The fraction of sp³-hybridized carbons (Fsp3) is 0.643. The van der Waals surface area contributed by atoms with Crippen molar-refractivity contribution < 1.29 is 5.11 Å². The number of aliphatic hydroxyl groups is 1. The minimum Gasteiger partial charge on any atom is -0.385 e. The third kappa shape index (κ3) is 2.12. The van der Waals surface area contributed by atoms with Crippen molar-refractivity contribution in [2.24, 2.45) is 5.41 Å². The van der Waals surface area contributed by atoms with Crippen LogP contribution in [0, 0.1) is 12.3 Å². The summed E-state index contributed by atoms with van der Waals surface area (Å²) in [5.41, 5.74) is 1.90. The van der Waals surface area contributed by atoms with Gasteiger partial charge in [-0.2, -0.15) is 0 Å². The molecule has 1 aliphatic rings. The van der Waals surface area contributed by atoms with Crippen LogP contribution in [-0.4, -0.2) is 10.1 Å². The van der Waals surface area contributed by atoms with Gasteiger partial charge in [-0.05, 0) is 49.7 Å². The van der Waals surface area contributed by atoms with Gasteiger partial charge in [-0.3, -0.25) is 4.98 Å². The topological polar surface area (TPSA) is 33.1 Å². The molecule has 2 rings (SSSR count). The van der Waals surface area contributed by atoms with Crippen molar-refractivity contribution in [1.82, 2.24) is 4.98 Å². The van der Waals surface area contributed by atoms with Crippen LogP contribution in [0.4, 0.5) is 0 Å². The molecule has 0 radical (unpaired) electrons. The molecule has 0 unspecified atom stereocenters. The van der Waals surface area contributed by atoms with E-state index in [0.717, 1.165) is 36.8 Å². The maximum Gasteiger partial charge on any atom is 0.0914 e. The molecule has 0 saturated heterocycles. The van der Waals surface area contributed by atoms with Gasteiger partial charge >= 0.3 is 0 Å². The maximum atomic E-state index is 10.7. The fourth-order valence-electron chi connectivity index (χ4n) is 2.56. The number of aromatic nitrogens is 1. The molecule has 0 aromatic carbocycles. The van der Waals surface area contributed by atoms with Crippen LogP contribution in [0.3, 0.4) is 0 Å². The summed E-state index contributed by atoms with van der Waals surface area (Å²) in [6.45, 7) is 6.61. The second kappa shape index (κ2) is 3.85. The number of hydrogen-bond donors (Lipinski definition) is 1. The first-order valence-electron chi connectivity index (χ1n) is 6.06. The Labute approximate surface area is 97.7 Å². The minimum absolute atomic E-state index is 0.377. The summed E-state index contributed by atoms with van der Waals surface area (Å²) >= 11 is 0. The summed E-state index contributed by atoms with van der Waals surface area (Å²) in [7, 11) is 0. The van der Waals surface area contributed by atoms with Gasteiger partial charge in [-0.15, -0.1) is 0 Å². The van der Waals surface area contributed by atoms with Gasteiger partial charge in [-0.25, -0.2) is 0 Å². The summed E-state index contributed by atoms with van der Waals surface area (Å²) in [6.07, 6.45) is 7.48. The molecule has 0 bridgehead atoms. The highest BCUT2D eigenvalue weighted by Crippen LogP contribution is 2.45. The lowest BCUT2D eigenvalue weighted by Gasteiger charge is -2.40. The van der Waals surface area contributed by atoms with E-state index in [0.29, 0.717) is 5.41 Å². The van der Waals surface area contributed by atoms with E-state index in [1.54, 1.807) is 6.20 Å². The van der Waals surface area contributed by atoms with Gasteiger partial charge in [0.1, 0.15) is 0 Å². The predicted octanol–water partition coefficient (Wildman–Crippen LogP) is 3.18. The Morgan fingerprint density at radius 3 is 2.38 bits per heavy atom. The fourth-order valence-corrected chi connectivity index (χ4v) is 2.56. The van der Waals surface area contributed by atoms with E-state index in [-0.39, 0.29) is 0 Å². The first-order chi connectivity index (χ1) is 7.43. The largest absolute Gasteiger partial charge is 0.385 e. The standard InChI is InChI=1S/C14H21NO/c1-11-4-9-15-10-12(11)14(16)7-5-13(2,3)6-8-14/h4,9-10,16H,5-8H2,1-3H3. The first-order valence-corrected chi connectivity index (χ1v) is 6.06. The molecule has 16 heavy (non-hydrogen) atoms. The lowest BCUT2D eigenvalue weighted by atomic mass is 9.68. The first kappa shape index (κ1) is 11.6. The Balaban J connectivity index is 2.25. The van der Waals surface area contributed by atoms with E-state index in [9.17, 15) is 5.11 Å². The minimum atomic E-state index is -0.645. The highest BCUT2D eigenvalue weighted by molar-refractivity contribution is 5.28. The molecule has 2 heteroatoms. The van der Waals surface area contributed by atoms with E-state index < -0.39 is 5.60 Å². The normalized spacial score (nSPS) is 23.0. The van der Waals surface area contributed by atoms with Gasteiger partial charge < -0.3 is 5.11 Å². The Morgan fingerprint density at radius 1 is 1.19 bits per heavy atom. The Hall–Kier alpha value is -0.890. The summed E-state index contributed by atoms with van der Waals surface area (Å²) in [5.74, 6) is 0. The number of hydrogen-bond acceptors (Lipinski definition) is 2. The van der Waals surface area contributed by atoms with Crippen LogP contribution in [0.5, 0.6) is 0 Å². The Morgan fingerprint density at radius 2 is 1.81 bits per heavy atom. The summed E-state index contributed by atoms with van der Waals surface area (Å²) in [5, 5.41) is 10.7. The molecule has 1 N–H and O–H groups in total. The van der Waals surface area contributed by atoms with Crippen molar-refractivity contribution in [3.8, 4) is 0 Å².